The number of nitrogens with zero attached hydrogens (tertiary/aromatic N) is 5. The lowest BCUT2D eigenvalue weighted by molar-refractivity contribution is 0.0137. The molecule has 27 heavy (non-hydrogen) atoms. The number of guanidine groups is 1. The van der Waals surface area contributed by atoms with Gasteiger partial charge >= 0.3 is 6.09 Å². The number of aliphatic imine (C=N–C) groups is 1. The molecule has 1 N–H and O–H groups in total. The van der Waals surface area contributed by atoms with Crippen LogP contribution in [0.4, 0.5) is 4.79 Å². The average Bonchev–Trinajstić information content (AvgIpc) is 2.88. The molecule has 154 valence electrons. The molecule has 2 saturated heterocycles. The normalized spacial score (nSPS) is 25.0. The summed E-state index contributed by atoms with van der Waals surface area (Å²) in [5, 5.41) is 3.53. The Labute approximate surface area is 163 Å². The molecule has 0 aliphatic carbocycles. The maximum absolute atomic E-state index is 12.3. The van der Waals surface area contributed by atoms with Gasteiger partial charge in [-0.1, -0.05) is 0 Å². The number of ether oxygens (including phenoxy) is 1. The highest BCUT2D eigenvalue weighted by atomic mass is 16.6. The molecule has 0 bridgehead atoms. The van der Waals surface area contributed by atoms with Crippen LogP contribution in [0.15, 0.2) is 4.99 Å². The molecule has 1 unspecified atom stereocenters. The van der Waals surface area contributed by atoms with Crippen LogP contribution in [0.3, 0.4) is 0 Å². The fourth-order valence-corrected chi connectivity index (χ4v) is 3.87. The number of amides is 1. The van der Waals surface area contributed by atoms with Crippen molar-refractivity contribution in [1.82, 2.24) is 24.9 Å². The molecular formula is C19H36N6O2. The minimum absolute atomic E-state index is 0.213. The third-order valence-corrected chi connectivity index (χ3v) is 5.38. The predicted molar refractivity (Wildman–Crippen MR) is 107 cm³/mol. The Balaban J connectivity index is 1.40. The minimum Gasteiger partial charge on any atom is -0.444 e. The van der Waals surface area contributed by atoms with Crippen LogP contribution >= 0.6 is 0 Å². The molecule has 3 aliphatic rings. The van der Waals surface area contributed by atoms with Gasteiger partial charge in [-0.15, -0.1) is 0 Å². The Hall–Kier alpha value is -1.54. The second-order valence-electron chi connectivity index (χ2n) is 8.86. The SMILES string of the molecule is CN1CCCN(CCNC2=NCC3CN(C(=O)OC(C)(C)C)CCN23)CC1. The number of carbonyl (C=O) groups excluding carboxylic acids is 1. The van der Waals surface area contributed by atoms with Crippen LogP contribution in [-0.4, -0.2) is 116 Å². The van der Waals surface area contributed by atoms with E-state index in [1.54, 1.807) is 0 Å². The fourth-order valence-electron chi connectivity index (χ4n) is 3.87. The van der Waals surface area contributed by atoms with Crippen LogP contribution in [0.2, 0.25) is 0 Å². The van der Waals surface area contributed by atoms with E-state index < -0.39 is 5.60 Å². The van der Waals surface area contributed by atoms with Gasteiger partial charge in [-0.3, -0.25) is 4.99 Å². The summed E-state index contributed by atoms with van der Waals surface area (Å²) in [5.41, 5.74) is -0.449. The molecule has 3 rings (SSSR count). The second-order valence-corrected chi connectivity index (χ2v) is 8.86. The van der Waals surface area contributed by atoms with Crippen LogP contribution in [0.25, 0.3) is 0 Å². The molecule has 1 amide bonds. The van der Waals surface area contributed by atoms with Crippen LogP contribution in [0.1, 0.15) is 27.2 Å². The Morgan fingerprint density at radius 3 is 2.78 bits per heavy atom. The highest BCUT2D eigenvalue weighted by Gasteiger charge is 2.36. The molecule has 0 radical (unpaired) electrons. The first kappa shape index (κ1) is 20.2. The quantitative estimate of drug-likeness (QED) is 0.770. The van der Waals surface area contributed by atoms with E-state index in [1.807, 2.05) is 25.7 Å². The first-order valence-electron chi connectivity index (χ1n) is 10.3. The summed E-state index contributed by atoms with van der Waals surface area (Å²) < 4.78 is 5.51. The zero-order valence-electron chi connectivity index (χ0n) is 17.4. The summed E-state index contributed by atoms with van der Waals surface area (Å²) in [6.07, 6.45) is 1.03. The van der Waals surface area contributed by atoms with Gasteiger partial charge in [0.2, 0.25) is 0 Å². The van der Waals surface area contributed by atoms with Gasteiger partial charge in [-0.05, 0) is 47.3 Å². The molecule has 0 aromatic carbocycles. The zero-order chi connectivity index (χ0) is 19.4. The van der Waals surface area contributed by atoms with Gasteiger partial charge in [0.1, 0.15) is 5.60 Å². The lowest BCUT2D eigenvalue weighted by Gasteiger charge is -2.39. The van der Waals surface area contributed by atoms with E-state index in [2.05, 4.69) is 32.1 Å². The zero-order valence-corrected chi connectivity index (χ0v) is 17.4. The molecule has 3 aliphatic heterocycles. The summed E-state index contributed by atoms with van der Waals surface area (Å²) in [6, 6.07) is 0.264. The number of likely N-dealkylation sites (N-methyl/N-ethyl adjacent to an activating group) is 1. The second kappa shape index (κ2) is 8.65. The lowest BCUT2D eigenvalue weighted by atomic mass is 10.2. The molecule has 1 atom stereocenters. The number of fused-ring (bicyclic) bond motifs is 1. The van der Waals surface area contributed by atoms with Crippen molar-refractivity contribution in [2.45, 2.75) is 38.8 Å². The standard InChI is InChI=1S/C19H36N6O2/c1-19(2,3)27-18(26)24-12-13-25-16(15-24)14-21-17(25)20-6-9-23-8-5-7-22(4)10-11-23/h16H,5-15H2,1-4H3,(H,20,21). The minimum atomic E-state index is -0.449. The third kappa shape index (κ3) is 5.72. The monoisotopic (exact) mass is 380 g/mol. The van der Waals surface area contributed by atoms with Crippen molar-refractivity contribution >= 4 is 12.1 Å². The van der Waals surface area contributed by atoms with E-state index in [0.717, 1.165) is 45.2 Å². The molecule has 0 aromatic heterocycles. The van der Waals surface area contributed by atoms with Gasteiger partial charge in [0.25, 0.3) is 0 Å². The van der Waals surface area contributed by atoms with Gasteiger partial charge < -0.3 is 29.7 Å². The van der Waals surface area contributed by atoms with E-state index in [-0.39, 0.29) is 12.1 Å². The maximum atomic E-state index is 12.3. The van der Waals surface area contributed by atoms with Crippen molar-refractivity contribution in [3.8, 4) is 0 Å². The summed E-state index contributed by atoms with van der Waals surface area (Å²) in [7, 11) is 2.20. The average molecular weight is 381 g/mol. The van der Waals surface area contributed by atoms with Crippen molar-refractivity contribution in [2.24, 2.45) is 4.99 Å². The summed E-state index contributed by atoms with van der Waals surface area (Å²) >= 11 is 0. The number of hydrogen-bond acceptors (Lipinski definition) is 7. The van der Waals surface area contributed by atoms with Crippen molar-refractivity contribution in [3.63, 3.8) is 0 Å². The van der Waals surface area contributed by atoms with Gasteiger partial charge in [0, 0.05) is 45.8 Å². The molecule has 3 heterocycles. The van der Waals surface area contributed by atoms with Crippen molar-refractivity contribution < 1.29 is 9.53 Å². The molecule has 8 heteroatoms. The Morgan fingerprint density at radius 1 is 1.19 bits per heavy atom. The molecule has 0 aromatic rings. The largest absolute Gasteiger partial charge is 0.444 e. The number of nitrogens with one attached hydrogen (secondary N) is 1. The lowest BCUT2D eigenvalue weighted by Crippen LogP contribution is -2.57. The third-order valence-electron chi connectivity index (χ3n) is 5.38. The van der Waals surface area contributed by atoms with E-state index in [0.29, 0.717) is 13.1 Å². The topological polar surface area (TPSA) is 63.6 Å². The van der Waals surface area contributed by atoms with E-state index in [9.17, 15) is 4.79 Å². The highest BCUT2D eigenvalue weighted by molar-refractivity contribution is 5.82. The molecule has 0 saturated carbocycles. The van der Waals surface area contributed by atoms with E-state index in [1.165, 1.54) is 19.5 Å². The van der Waals surface area contributed by atoms with Crippen LogP contribution in [-0.2, 0) is 4.74 Å². The van der Waals surface area contributed by atoms with Crippen LogP contribution in [0, 0.1) is 0 Å². The van der Waals surface area contributed by atoms with E-state index in [4.69, 9.17) is 4.74 Å². The highest BCUT2D eigenvalue weighted by Crippen LogP contribution is 2.18. The van der Waals surface area contributed by atoms with Gasteiger partial charge in [-0.25, -0.2) is 4.79 Å². The van der Waals surface area contributed by atoms with Crippen LogP contribution < -0.4 is 5.32 Å². The van der Waals surface area contributed by atoms with Gasteiger partial charge in [-0.2, -0.15) is 0 Å². The number of hydrogen-bond donors (Lipinski definition) is 1. The molecule has 2 fully saturated rings. The maximum Gasteiger partial charge on any atom is 0.410 e. The summed E-state index contributed by atoms with van der Waals surface area (Å²) in [4.78, 5) is 26.1. The number of rotatable bonds is 3. The van der Waals surface area contributed by atoms with Crippen molar-refractivity contribution in [1.29, 1.82) is 0 Å². The first-order chi connectivity index (χ1) is 12.8. The van der Waals surface area contributed by atoms with E-state index >= 15 is 0 Å². The van der Waals surface area contributed by atoms with Gasteiger partial charge in [0.05, 0.1) is 12.6 Å². The fraction of sp³-hybridized carbons (Fsp3) is 0.895. The predicted octanol–water partition coefficient (Wildman–Crippen LogP) is 0.504. The Kier molecular flexibility index (Phi) is 6.47. The Bertz CT molecular complexity index is 547. The first-order valence-corrected chi connectivity index (χ1v) is 10.3. The smallest absolute Gasteiger partial charge is 0.410 e. The molecular weight excluding hydrogens is 344 g/mol. The van der Waals surface area contributed by atoms with Crippen molar-refractivity contribution in [3.05, 3.63) is 0 Å². The number of carbonyl (C=O) groups is 1. The molecule has 0 spiro atoms. The van der Waals surface area contributed by atoms with Crippen molar-refractivity contribution in [2.75, 3.05) is 72.5 Å². The summed E-state index contributed by atoms with van der Waals surface area (Å²) in [5.74, 6) is 0.996. The van der Waals surface area contributed by atoms with Crippen LogP contribution in [0.5, 0.6) is 0 Å². The number of piperazine rings is 1. The van der Waals surface area contributed by atoms with Gasteiger partial charge in [0.15, 0.2) is 5.96 Å². The Morgan fingerprint density at radius 2 is 2.00 bits per heavy atom. The summed E-state index contributed by atoms with van der Waals surface area (Å²) in [6.45, 7) is 15.3. The molecule has 8 nitrogen and oxygen atoms in total.